The van der Waals surface area contributed by atoms with Gasteiger partial charge in [0.2, 0.25) is 0 Å². The van der Waals surface area contributed by atoms with Crippen LogP contribution in [0.15, 0.2) is 18.2 Å². The second-order valence-corrected chi connectivity index (χ2v) is 5.17. The standard InChI is InChI=1S/C12H13Cl2NO2.ClH/c13-9-3-2-8(10(14)6-9)7-12(11(16)17)4-1-5-15-12;/h2-3,6,15H,1,4-5,7H2,(H,16,17);1H. The van der Waals surface area contributed by atoms with Crippen molar-refractivity contribution in [3.63, 3.8) is 0 Å². The Labute approximate surface area is 122 Å². The molecule has 2 rings (SSSR count). The fraction of sp³-hybridized carbons (Fsp3) is 0.417. The lowest BCUT2D eigenvalue weighted by molar-refractivity contribution is -0.144. The number of carboxylic acids is 1. The van der Waals surface area contributed by atoms with Gasteiger partial charge in [-0.15, -0.1) is 12.4 Å². The first-order chi connectivity index (χ1) is 8.03. The molecular formula is C12H14Cl3NO2. The van der Waals surface area contributed by atoms with Crippen molar-refractivity contribution in [3.05, 3.63) is 33.8 Å². The van der Waals surface area contributed by atoms with E-state index in [0.29, 0.717) is 22.9 Å². The first kappa shape index (κ1) is 15.6. The molecule has 0 bridgehead atoms. The number of hydrogen-bond acceptors (Lipinski definition) is 2. The number of aliphatic carboxylic acids is 1. The quantitative estimate of drug-likeness (QED) is 0.901. The van der Waals surface area contributed by atoms with Gasteiger partial charge in [-0.2, -0.15) is 0 Å². The van der Waals surface area contributed by atoms with Gasteiger partial charge in [0.15, 0.2) is 0 Å². The van der Waals surface area contributed by atoms with Gasteiger partial charge < -0.3 is 10.4 Å². The summed E-state index contributed by atoms with van der Waals surface area (Å²) in [4.78, 5) is 11.4. The topological polar surface area (TPSA) is 49.3 Å². The maximum atomic E-state index is 11.4. The molecule has 1 aliphatic heterocycles. The molecule has 1 unspecified atom stereocenters. The second-order valence-electron chi connectivity index (χ2n) is 4.33. The van der Waals surface area contributed by atoms with E-state index in [4.69, 9.17) is 23.2 Å². The summed E-state index contributed by atoms with van der Waals surface area (Å²) in [5.41, 5.74) is -0.0647. The third-order valence-electron chi connectivity index (χ3n) is 3.16. The fourth-order valence-corrected chi connectivity index (χ4v) is 2.68. The Morgan fingerprint density at radius 1 is 1.44 bits per heavy atom. The Hall–Kier alpha value is -0.480. The maximum absolute atomic E-state index is 11.4. The summed E-state index contributed by atoms with van der Waals surface area (Å²) in [5.74, 6) is -0.819. The Kier molecular flexibility index (Phi) is 5.29. The van der Waals surface area contributed by atoms with Crippen molar-refractivity contribution >= 4 is 41.6 Å². The van der Waals surface area contributed by atoms with Gasteiger partial charge in [0, 0.05) is 16.5 Å². The molecule has 0 aromatic heterocycles. The molecule has 6 heteroatoms. The zero-order valence-corrected chi connectivity index (χ0v) is 11.9. The second kappa shape index (κ2) is 6.11. The van der Waals surface area contributed by atoms with Gasteiger partial charge in [-0.3, -0.25) is 4.79 Å². The fourth-order valence-electron chi connectivity index (χ4n) is 2.21. The van der Waals surface area contributed by atoms with Gasteiger partial charge in [0.25, 0.3) is 0 Å². The molecule has 1 fully saturated rings. The number of carbonyl (C=O) groups is 1. The molecule has 0 radical (unpaired) electrons. The minimum absolute atomic E-state index is 0. The first-order valence-corrected chi connectivity index (χ1v) is 6.21. The minimum atomic E-state index is -0.878. The molecule has 0 spiro atoms. The lowest BCUT2D eigenvalue weighted by Crippen LogP contribution is -2.49. The van der Waals surface area contributed by atoms with Crippen molar-refractivity contribution in [2.45, 2.75) is 24.8 Å². The summed E-state index contributed by atoms with van der Waals surface area (Å²) >= 11 is 11.9. The largest absolute Gasteiger partial charge is 0.480 e. The number of hydrogen-bond donors (Lipinski definition) is 2. The average molecular weight is 311 g/mol. The summed E-state index contributed by atoms with van der Waals surface area (Å²) < 4.78 is 0. The molecule has 1 aromatic rings. The van der Waals surface area contributed by atoms with Crippen molar-refractivity contribution in [3.8, 4) is 0 Å². The van der Waals surface area contributed by atoms with Crippen LogP contribution in [0.1, 0.15) is 18.4 Å². The van der Waals surface area contributed by atoms with Gasteiger partial charge in [0.05, 0.1) is 0 Å². The summed E-state index contributed by atoms with van der Waals surface area (Å²) in [6.07, 6.45) is 1.89. The molecule has 1 aromatic carbocycles. The summed E-state index contributed by atoms with van der Waals surface area (Å²) in [5, 5.41) is 13.5. The number of rotatable bonds is 3. The predicted octanol–water partition coefficient (Wildman–Crippen LogP) is 3.16. The number of halogens is 3. The van der Waals surface area contributed by atoms with Gasteiger partial charge in [0.1, 0.15) is 5.54 Å². The van der Waals surface area contributed by atoms with E-state index in [1.807, 2.05) is 0 Å². The monoisotopic (exact) mass is 309 g/mol. The Bertz CT molecular complexity index is 445. The van der Waals surface area contributed by atoms with Crippen molar-refractivity contribution in [2.24, 2.45) is 0 Å². The SMILES string of the molecule is Cl.O=C(O)C1(Cc2ccc(Cl)cc2Cl)CCCN1. The minimum Gasteiger partial charge on any atom is -0.480 e. The van der Waals surface area contributed by atoms with Crippen LogP contribution in [0.5, 0.6) is 0 Å². The lowest BCUT2D eigenvalue weighted by atomic mass is 9.89. The smallest absolute Gasteiger partial charge is 0.324 e. The number of carboxylic acid groups (broad SMARTS) is 1. The molecule has 0 aliphatic carbocycles. The van der Waals surface area contributed by atoms with Crippen LogP contribution >= 0.6 is 35.6 Å². The summed E-state index contributed by atoms with van der Waals surface area (Å²) in [6.45, 7) is 0.734. The van der Waals surface area contributed by atoms with Gasteiger partial charge in [-0.05, 0) is 37.1 Å². The molecule has 1 atom stereocenters. The Morgan fingerprint density at radius 2 is 2.17 bits per heavy atom. The summed E-state index contributed by atoms with van der Waals surface area (Å²) in [7, 11) is 0. The van der Waals surface area contributed by atoms with Crippen LogP contribution in [0, 0.1) is 0 Å². The van der Waals surface area contributed by atoms with E-state index < -0.39 is 11.5 Å². The molecule has 100 valence electrons. The Balaban J connectivity index is 0.00000162. The number of nitrogens with one attached hydrogen (secondary N) is 1. The van der Waals surface area contributed by atoms with Crippen LogP contribution in [-0.4, -0.2) is 23.2 Å². The average Bonchev–Trinajstić information content (AvgIpc) is 2.72. The van der Waals surface area contributed by atoms with Crippen LogP contribution in [0.2, 0.25) is 10.0 Å². The van der Waals surface area contributed by atoms with Gasteiger partial charge in [-0.1, -0.05) is 29.3 Å². The summed E-state index contributed by atoms with van der Waals surface area (Å²) in [6, 6.07) is 5.16. The van der Waals surface area contributed by atoms with E-state index in [2.05, 4.69) is 5.32 Å². The molecule has 0 amide bonds. The highest BCUT2D eigenvalue weighted by Gasteiger charge is 2.41. The van der Waals surface area contributed by atoms with Crippen molar-refractivity contribution < 1.29 is 9.90 Å². The van der Waals surface area contributed by atoms with Gasteiger partial charge >= 0.3 is 5.97 Å². The van der Waals surface area contributed by atoms with Crippen LogP contribution in [-0.2, 0) is 11.2 Å². The molecule has 1 aliphatic rings. The van der Waals surface area contributed by atoms with Crippen LogP contribution < -0.4 is 5.32 Å². The van der Waals surface area contributed by atoms with E-state index in [1.165, 1.54) is 0 Å². The van der Waals surface area contributed by atoms with Gasteiger partial charge in [-0.25, -0.2) is 0 Å². The van der Waals surface area contributed by atoms with E-state index >= 15 is 0 Å². The van der Waals surface area contributed by atoms with Crippen LogP contribution in [0.25, 0.3) is 0 Å². The molecular weight excluding hydrogens is 296 g/mol. The lowest BCUT2D eigenvalue weighted by Gasteiger charge is -2.25. The van der Waals surface area contributed by atoms with E-state index in [0.717, 1.165) is 18.5 Å². The zero-order valence-electron chi connectivity index (χ0n) is 9.58. The highest BCUT2D eigenvalue weighted by Crippen LogP contribution is 2.29. The van der Waals surface area contributed by atoms with Crippen molar-refractivity contribution in [2.75, 3.05) is 6.54 Å². The third kappa shape index (κ3) is 3.09. The highest BCUT2D eigenvalue weighted by molar-refractivity contribution is 6.35. The molecule has 3 nitrogen and oxygen atoms in total. The molecule has 1 saturated heterocycles. The van der Waals surface area contributed by atoms with E-state index in [1.54, 1.807) is 18.2 Å². The third-order valence-corrected chi connectivity index (χ3v) is 3.75. The van der Waals surface area contributed by atoms with Crippen molar-refractivity contribution in [1.82, 2.24) is 5.32 Å². The molecule has 2 N–H and O–H groups in total. The highest BCUT2D eigenvalue weighted by atomic mass is 35.5. The van der Waals surface area contributed by atoms with E-state index in [9.17, 15) is 9.90 Å². The number of benzene rings is 1. The van der Waals surface area contributed by atoms with Crippen LogP contribution in [0.3, 0.4) is 0 Å². The molecule has 0 saturated carbocycles. The normalized spacial score (nSPS) is 22.6. The van der Waals surface area contributed by atoms with E-state index in [-0.39, 0.29) is 12.4 Å². The zero-order chi connectivity index (χ0) is 12.5. The van der Waals surface area contributed by atoms with Crippen molar-refractivity contribution in [1.29, 1.82) is 0 Å². The maximum Gasteiger partial charge on any atom is 0.324 e. The molecule has 18 heavy (non-hydrogen) atoms. The first-order valence-electron chi connectivity index (χ1n) is 5.46. The molecule has 1 heterocycles. The van der Waals surface area contributed by atoms with Crippen LogP contribution in [0.4, 0.5) is 0 Å². The predicted molar refractivity (Wildman–Crippen MR) is 75.0 cm³/mol. The Morgan fingerprint density at radius 3 is 2.67 bits per heavy atom.